The molecule has 2 aliphatic heterocycles. The van der Waals surface area contributed by atoms with Crippen LogP contribution in [-0.2, 0) is 16.1 Å². The molecular formula is C15H19NO2. The molecule has 0 N–H and O–H groups in total. The molecule has 3 atom stereocenters. The van der Waals surface area contributed by atoms with Gasteiger partial charge in [-0.1, -0.05) is 30.3 Å². The van der Waals surface area contributed by atoms with Crippen LogP contribution in [0.25, 0.3) is 0 Å². The largest absolute Gasteiger partial charge is 0.373 e. The third kappa shape index (κ3) is 1.93. The van der Waals surface area contributed by atoms with Crippen molar-refractivity contribution >= 4 is 5.91 Å². The molecule has 2 saturated heterocycles. The van der Waals surface area contributed by atoms with E-state index < -0.39 is 0 Å². The Kier molecular flexibility index (Phi) is 3.08. The van der Waals surface area contributed by atoms with Crippen molar-refractivity contribution in [1.29, 1.82) is 0 Å². The quantitative estimate of drug-likeness (QED) is 0.761. The Hall–Kier alpha value is -1.35. The van der Waals surface area contributed by atoms with E-state index in [2.05, 4.69) is 12.1 Å². The van der Waals surface area contributed by atoms with Crippen LogP contribution in [0.5, 0.6) is 0 Å². The Balaban J connectivity index is 1.56. The van der Waals surface area contributed by atoms with Crippen LogP contribution in [0.15, 0.2) is 30.3 Å². The van der Waals surface area contributed by atoms with Crippen molar-refractivity contribution in [3.05, 3.63) is 35.9 Å². The second kappa shape index (κ2) is 4.73. The number of carbonyl (C=O) groups excluding carboxylic acids is 1. The third-order valence-electron chi connectivity index (χ3n) is 4.14. The minimum atomic E-state index is 0.0251. The molecule has 0 bridgehead atoms. The summed E-state index contributed by atoms with van der Waals surface area (Å²) >= 11 is 0. The number of ether oxygens (including phenoxy) is 1. The molecule has 0 radical (unpaired) electrons. The van der Waals surface area contributed by atoms with Crippen molar-refractivity contribution in [2.75, 3.05) is 6.54 Å². The van der Waals surface area contributed by atoms with E-state index in [-0.39, 0.29) is 17.9 Å². The van der Waals surface area contributed by atoms with E-state index >= 15 is 0 Å². The van der Waals surface area contributed by atoms with Gasteiger partial charge in [-0.3, -0.25) is 4.79 Å². The number of fused-ring (bicyclic) bond motifs is 1. The fourth-order valence-electron chi connectivity index (χ4n) is 3.13. The normalized spacial score (nSPS) is 27.8. The van der Waals surface area contributed by atoms with Crippen molar-refractivity contribution in [3.63, 3.8) is 0 Å². The summed E-state index contributed by atoms with van der Waals surface area (Å²) in [6, 6.07) is 10.6. The average molecular weight is 245 g/mol. The summed E-state index contributed by atoms with van der Waals surface area (Å²) < 4.78 is 5.86. The van der Waals surface area contributed by atoms with Crippen molar-refractivity contribution in [1.82, 2.24) is 4.90 Å². The third-order valence-corrected chi connectivity index (χ3v) is 4.14. The molecular weight excluding hydrogens is 226 g/mol. The summed E-state index contributed by atoms with van der Waals surface area (Å²) in [7, 11) is 0. The molecule has 1 aromatic rings. The van der Waals surface area contributed by atoms with Gasteiger partial charge in [0.1, 0.15) is 0 Å². The number of amides is 1. The monoisotopic (exact) mass is 245 g/mol. The molecule has 3 rings (SSSR count). The molecule has 1 aromatic carbocycles. The standard InChI is InChI=1S/C15H19NO2/c1-11(18-10-12-6-3-2-4-7-12)14-13-8-5-9-16(13)15(14)17/h2-4,6-7,11,13-14H,5,8-10H2,1H3/t11-,13+,14-/m0/s1. The number of rotatable bonds is 4. The van der Waals surface area contributed by atoms with Crippen molar-refractivity contribution in [2.45, 2.75) is 38.5 Å². The van der Waals surface area contributed by atoms with E-state index in [4.69, 9.17) is 4.74 Å². The van der Waals surface area contributed by atoms with E-state index in [1.165, 1.54) is 5.56 Å². The molecule has 0 spiro atoms. The van der Waals surface area contributed by atoms with Gasteiger partial charge in [0, 0.05) is 12.6 Å². The van der Waals surface area contributed by atoms with Gasteiger partial charge < -0.3 is 9.64 Å². The fourth-order valence-corrected chi connectivity index (χ4v) is 3.13. The summed E-state index contributed by atoms with van der Waals surface area (Å²) in [5.74, 6) is 0.384. The van der Waals surface area contributed by atoms with Gasteiger partial charge in [-0.25, -0.2) is 0 Å². The maximum Gasteiger partial charge on any atom is 0.230 e. The van der Waals surface area contributed by atoms with Crippen LogP contribution in [0.3, 0.4) is 0 Å². The van der Waals surface area contributed by atoms with Crippen molar-refractivity contribution < 1.29 is 9.53 Å². The lowest BCUT2D eigenvalue weighted by Gasteiger charge is -2.45. The van der Waals surface area contributed by atoms with Gasteiger partial charge in [-0.15, -0.1) is 0 Å². The summed E-state index contributed by atoms with van der Waals surface area (Å²) in [5, 5.41) is 0. The minimum Gasteiger partial charge on any atom is -0.373 e. The van der Waals surface area contributed by atoms with Crippen LogP contribution in [-0.4, -0.2) is 29.5 Å². The van der Waals surface area contributed by atoms with Crippen LogP contribution < -0.4 is 0 Å². The molecule has 0 saturated carbocycles. The lowest BCUT2D eigenvalue weighted by atomic mass is 9.84. The first kappa shape index (κ1) is 11.7. The lowest BCUT2D eigenvalue weighted by molar-refractivity contribution is -0.163. The number of hydrogen-bond acceptors (Lipinski definition) is 2. The zero-order valence-corrected chi connectivity index (χ0v) is 10.7. The molecule has 1 amide bonds. The molecule has 0 unspecified atom stereocenters. The lowest BCUT2D eigenvalue weighted by Crippen LogP contribution is -2.61. The van der Waals surface area contributed by atoms with Gasteiger partial charge in [-0.05, 0) is 25.3 Å². The van der Waals surface area contributed by atoms with Gasteiger partial charge in [0.05, 0.1) is 18.6 Å². The maximum atomic E-state index is 11.9. The average Bonchev–Trinajstić information content (AvgIpc) is 2.81. The van der Waals surface area contributed by atoms with E-state index in [0.717, 1.165) is 19.4 Å². The zero-order chi connectivity index (χ0) is 12.5. The maximum absolute atomic E-state index is 11.9. The predicted octanol–water partition coefficient (Wildman–Crippen LogP) is 2.21. The topological polar surface area (TPSA) is 29.5 Å². The highest BCUT2D eigenvalue weighted by Gasteiger charge is 2.52. The Morgan fingerprint density at radius 2 is 2.17 bits per heavy atom. The Morgan fingerprint density at radius 1 is 1.39 bits per heavy atom. The molecule has 2 fully saturated rings. The summed E-state index contributed by atoms with van der Waals surface area (Å²) in [5.41, 5.74) is 1.17. The Bertz CT molecular complexity index is 431. The molecule has 3 nitrogen and oxygen atoms in total. The van der Waals surface area contributed by atoms with Crippen LogP contribution in [0.4, 0.5) is 0 Å². The SMILES string of the molecule is C[C@H](OCc1ccccc1)[C@@H]1C(=O)N2CCC[C@H]12. The minimum absolute atomic E-state index is 0.0251. The highest BCUT2D eigenvalue weighted by molar-refractivity contribution is 5.87. The van der Waals surface area contributed by atoms with Gasteiger partial charge in [0.15, 0.2) is 0 Å². The second-order valence-electron chi connectivity index (χ2n) is 5.27. The molecule has 96 valence electrons. The van der Waals surface area contributed by atoms with Crippen LogP contribution >= 0.6 is 0 Å². The highest BCUT2D eigenvalue weighted by atomic mass is 16.5. The first-order valence-electron chi connectivity index (χ1n) is 6.73. The highest BCUT2D eigenvalue weighted by Crippen LogP contribution is 2.38. The van der Waals surface area contributed by atoms with Gasteiger partial charge >= 0.3 is 0 Å². The fraction of sp³-hybridized carbons (Fsp3) is 0.533. The van der Waals surface area contributed by atoms with E-state index in [1.54, 1.807) is 0 Å². The van der Waals surface area contributed by atoms with E-state index in [0.29, 0.717) is 12.6 Å². The molecule has 2 aliphatic rings. The Labute approximate surface area is 108 Å². The molecule has 18 heavy (non-hydrogen) atoms. The van der Waals surface area contributed by atoms with Crippen molar-refractivity contribution in [3.8, 4) is 0 Å². The van der Waals surface area contributed by atoms with Crippen LogP contribution in [0.1, 0.15) is 25.3 Å². The summed E-state index contributed by atoms with van der Waals surface area (Å²) in [6.07, 6.45) is 2.32. The van der Waals surface area contributed by atoms with E-state index in [1.807, 2.05) is 30.0 Å². The number of nitrogens with zero attached hydrogens (tertiary/aromatic N) is 1. The molecule has 2 heterocycles. The Morgan fingerprint density at radius 3 is 2.94 bits per heavy atom. The second-order valence-corrected chi connectivity index (χ2v) is 5.27. The summed E-state index contributed by atoms with van der Waals surface area (Å²) in [4.78, 5) is 13.9. The first-order chi connectivity index (χ1) is 8.77. The van der Waals surface area contributed by atoms with Gasteiger partial charge in [-0.2, -0.15) is 0 Å². The van der Waals surface area contributed by atoms with Gasteiger partial charge in [0.2, 0.25) is 5.91 Å². The van der Waals surface area contributed by atoms with Crippen molar-refractivity contribution in [2.24, 2.45) is 5.92 Å². The number of benzene rings is 1. The van der Waals surface area contributed by atoms with Crippen LogP contribution in [0.2, 0.25) is 0 Å². The van der Waals surface area contributed by atoms with Gasteiger partial charge in [0.25, 0.3) is 0 Å². The summed E-state index contributed by atoms with van der Waals surface area (Å²) in [6.45, 7) is 3.57. The molecule has 3 heteroatoms. The predicted molar refractivity (Wildman–Crippen MR) is 68.9 cm³/mol. The first-order valence-corrected chi connectivity index (χ1v) is 6.73. The molecule has 0 aromatic heterocycles. The van der Waals surface area contributed by atoms with Crippen LogP contribution in [0, 0.1) is 5.92 Å². The molecule has 0 aliphatic carbocycles. The number of β-lactam (4-membered cyclic amide) rings is 1. The van der Waals surface area contributed by atoms with E-state index in [9.17, 15) is 4.79 Å². The number of hydrogen-bond donors (Lipinski definition) is 0. The smallest absolute Gasteiger partial charge is 0.230 e. The number of carbonyl (C=O) groups is 1. The zero-order valence-electron chi connectivity index (χ0n) is 10.7.